The number of ketones is 1. The van der Waals surface area contributed by atoms with E-state index < -0.39 is 12.7 Å². The SMILES string of the molecule is COCCn1c(SCC(=O)c2cc(C)n(CC(F)(F)F)c2C)nc2ccccc2c1=O. The van der Waals surface area contributed by atoms with Gasteiger partial charge in [0.05, 0.1) is 29.8 Å². The second-order valence-corrected chi connectivity index (χ2v) is 8.00. The summed E-state index contributed by atoms with van der Waals surface area (Å²) in [6, 6.07) is 8.38. The maximum absolute atomic E-state index is 12.9. The van der Waals surface area contributed by atoms with Gasteiger partial charge in [0.1, 0.15) is 6.54 Å². The average molecular weight is 453 g/mol. The number of carbonyl (C=O) groups is 1. The van der Waals surface area contributed by atoms with E-state index in [1.807, 2.05) is 0 Å². The first-order valence-corrected chi connectivity index (χ1v) is 10.5. The molecule has 0 saturated carbocycles. The zero-order chi connectivity index (χ0) is 22.8. The number of Topliss-reactive ketones (excluding diaryl/α,β-unsaturated/α-hetero) is 1. The van der Waals surface area contributed by atoms with E-state index in [0.29, 0.717) is 28.4 Å². The van der Waals surface area contributed by atoms with Crippen molar-refractivity contribution in [2.45, 2.75) is 38.3 Å². The molecule has 0 aliphatic carbocycles. The van der Waals surface area contributed by atoms with Gasteiger partial charge in [-0.2, -0.15) is 13.2 Å². The molecule has 10 heteroatoms. The lowest BCUT2D eigenvalue weighted by Gasteiger charge is -2.13. The summed E-state index contributed by atoms with van der Waals surface area (Å²) in [7, 11) is 1.52. The van der Waals surface area contributed by atoms with E-state index in [-0.39, 0.29) is 34.9 Å². The minimum absolute atomic E-state index is 0.0614. The highest BCUT2D eigenvalue weighted by molar-refractivity contribution is 7.99. The van der Waals surface area contributed by atoms with E-state index in [0.717, 1.165) is 16.3 Å². The normalized spacial score (nSPS) is 11.9. The van der Waals surface area contributed by atoms with Gasteiger partial charge < -0.3 is 9.30 Å². The van der Waals surface area contributed by atoms with Crippen LogP contribution in [0, 0.1) is 13.8 Å². The van der Waals surface area contributed by atoms with Gasteiger partial charge in [0, 0.05) is 24.1 Å². The summed E-state index contributed by atoms with van der Waals surface area (Å²) in [6.45, 7) is 2.45. The number of fused-ring (bicyclic) bond motifs is 1. The van der Waals surface area contributed by atoms with E-state index >= 15 is 0 Å². The molecule has 0 spiro atoms. The standard InChI is InChI=1S/C21H22F3N3O3S/c1-13-10-16(14(2)27(13)12-21(22,23)24)18(28)11-31-20-25-17-7-5-4-6-15(17)19(29)26(20)8-9-30-3/h4-7,10H,8-9,11-12H2,1-3H3. The molecule has 0 unspecified atom stereocenters. The van der Waals surface area contributed by atoms with Crippen molar-refractivity contribution in [2.75, 3.05) is 19.5 Å². The van der Waals surface area contributed by atoms with Crippen LogP contribution in [-0.2, 0) is 17.8 Å². The Kier molecular flexibility index (Phi) is 6.90. The average Bonchev–Trinajstić information content (AvgIpc) is 2.98. The molecule has 166 valence electrons. The number of hydrogen-bond acceptors (Lipinski definition) is 5. The zero-order valence-corrected chi connectivity index (χ0v) is 18.1. The molecule has 0 radical (unpaired) electrons. The second-order valence-electron chi connectivity index (χ2n) is 7.06. The molecule has 6 nitrogen and oxygen atoms in total. The van der Waals surface area contributed by atoms with E-state index in [1.54, 1.807) is 24.3 Å². The van der Waals surface area contributed by atoms with Crippen LogP contribution < -0.4 is 5.56 Å². The van der Waals surface area contributed by atoms with Crippen LogP contribution >= 0.6 is 11.8 Å². The number of benzene rings is 1. The Bertz CT molecular complexity index is 1170. The van der Waals surface area contributed by atoms with Gasteiger partial charge in [0.25, 0.3) is 5.56 Å². The Morgan fingerprint density at radius 2 is 1.90 bits per heavy atom. The third-order valence-corrected chi connectivity index (χ3v) is 5.87. The summed E-state index contributed by atoms with van der Waals surface area (Å²) in [5, 5.41) is 0.822. The lowest BCUT2D eigenvalue weighted by atomic mass is 10.2. The number of aromatic nitrogens is 3. The fraction of sp³-hybridized carbons (Fsp3) is 0.381. The molecule has 0 atom stereocenters. The van der Waals surface area contributed by atoms with Crippen molar-refractivity contribution in [2.24, 2.45) is 0 Å². The van der Waals surface area contributed by atoms with Crippen LogP contribution in [0.3, 0.4) is 0 Å². The molecule has 0 aliphatic heterocycles. The summed E-state index contributed by atoms with van der Waals surface area (Å²) < 4.78 is 46.1. The molecular weight excluding hydrogens is 431 g/mol. The van der Waals surface area contributed by atoms with E-state index in [1.165, 1.54) is 31.6 Å². The van der Waals surface area contributed by atoms with Gasteiger partial charge in [-0.05, 0) is 32.0 Å². The summed E-state index contributed by atoms with van der Waals surface area (Å²) in [6.07, 6.45) is -4.38. The number of aryl methyl sites for hydroxylation is 1. The fourth-order valence-electron chi connectivity index (χ4n) is 3.35. The van der Waals surface area contributed by atoms with Crippen LogP contribution in [0.2, 0.25) is 0 Å². The molecule has 0 saturated heterocycles. The highest BCUT2D eigenvalue weighted by Crippen LogP contribution is 2.25. The van der Waals surface area contributed by atoms with Crippen molar-refractivity contribution in [1.82, 2.24) is 14.1 Å². The molecule has 0 aliphatic rings. The van der Waals surface area contributed by atoms with Crippen molar-refractivity contribution < 1.29 is 22.7 Å². The Hall–Kier alpha value is -2.59. The first kappa shape index (κ1) is 23.1. The molecule has 0 fully saturated rings. The third kappa shape index (κ3) is 5.19. The highest BCUT2D eigenvalue weighted by atomic mass is 32.2. The molecule has 2 heterocycles. The molecule has 0 N–H and O–H groups in total. The maximum Gasteiger partial charge on any atom is 0.406 e. The summed E-state index contributed by atoms with van der Waals surface area (Å²) in [4.78, 5) is 30.2. The Labute approximate surface area is 181 Å². The molecule has 0 bridgehead atoms. The smallest absolute Gasteiger partial charge is 0.383 e. The monoisotopic (exact) mass is 453 g/mol. The predicted molar refractivity (Wildman–Crippen MR) is 113 cm³/mol. The van der Waals surface area contributed by atoms with Gasteiger partial charge in [0.15, 0.2) is 10.9 Å². The number of thioether (sulfide) groups is 1. The predicted octanol–water partition coefficient (Wildman–Crippen LogP) is 4.00. The Morgan fingerprint density at radius 1 is 1.19 bits per heavy atom. The van der Waals surface area contributed by atoms with Crippen molar-refractivity contribution in [3.05, 3.63) is 57.6 Å². The molecule has 3 aromatic rings. The van der Waals surface area contributed by atoms with Crippen LogP contribution in [0.4, 0.5) is 13.2 Å². The highest BCUT2D eigenvalue weighted by Gasteiger charge is 2.30. The van der Waals surface area contributed by atoms with Crippen molar-refractivity contribution in [3.8, 4) is 0 Å². The Morgan fingerprint density at radius 3 is 2.58 bits per heavy atom. The van der Waals surface area contributed by atoms with Crippen LogP contribution in [0.1, 0.15) is 21.7 Å². The van der Waals surface area contributed by atoms with Gasteiger partial charge >= 0.3 is 6.18 Å². The van der Waals surface area contributed by atoms with Crippen molar-refractivity contribution in [3.63, 3.8) is 0 Å². The molecule has 2 aromatic heterocycles. The van der Waals surface area contributed by atoms with Crippen LogP contribution in [-0.4, -0.2) is 45.5 Å². The van der Waals surface area contributed by atoms with E-state index in [2.05, 4.69) is 4.98 Å². The lowest BCUT2D eigenvalue weighted by molar-refractivity contribution is -0.141. The molecular formula is C21H22F3N3O3S. The minimum Gasteiger partial charge on any atom is -0.383 e. The van der Waals surface area contributed by atoms with Crippen LogP contribution in [0.15, 0.2) is 40.3 Å². The van der Waals surface area contributed by atoms with Gasteiger partial charge in [-0.25, -0.2) is 4.98 Å². The van der Waals surface area contributed by atoms with Gasteiger partial charge in [-0.3, -0.25) is 14.2 Å². The summed E-state index contributed by atoms with van der Waals surface area (Å²) in [5.41, 5.74) is 1.15. The number of hydrogen-bond donors (Lipinski definition) is 0. The zero-order valence-electron chi connectivity index (χ0n) is 17.3. The van der Waals surface area contributed by atoms with Gasteiger partial charge in [-0.1, -0.05) is 23.9 Å². The lowest BCUT2D eigenvalue weighted by Crippen LogP contribution is -2.25. The molecule has 3 rings (SSSR count). The first-order valence-electron chi connectivity index (χ1n) is 9.50. The van der Waals surface area contributed by atoms with Crippen molar-refractivity contribution >= 4 is 28.4 Å². The first-order chi connectivity index (χ1) is 14.6. The quantitative estimate of drug-likeness (QED) is 0.293. The minimum atomic E-state index is -4.38. The number of para-hydroxylation sites is 1. The number of alkyl halides is 3. The summed E-state index contributed by atoms with van der Waals surface area (Å²) in [5.74, 6) is -0.388. The second kappa shape index (κ2) is 9.27. The fourth-order valence-corrected chi connectivity index (χ4v) is 4.26. The molecule has 1 aromatic carbocycles. The van der Waals surface area contributed by atoms with E-state index in [9.17, 15) is 22.8 Å². The topological polar surface area (TPSA) is 66.1 Å². The maximum atomic E-state index is 12.9. The summed E-state index contributed by atoms with van der Waals surface area (Å²) >= 11 is 1.08. The van der Waals surface area contributed by atoms with Crippen LogP contribution in [0.5, 0.6) is 0 Å². The number of methoxy groups -OCH3 is 1. The Balaban J connectivity index is 1.88. The van der Waals surface area contributed by atoms with E-state index in [4.69, 9.17) is 4.74 Å². The molecule has 31 heavy (non-hydrogen) atoms. The molecule has 0 amide bonds. The number of halogens is 3. The van der Waals surface area contributed by atoms with Gasteiger partial charge in [-0.15, -0.1) is 0 Å². The number of rotatable bonds is 8. The number of nitrogens with zero attached hydrogens (tertiary/aromatic N) is 3. The van der Waals surface area contributed by atoms with Crippen LogP contribution in [0.25, 0.3) is 10.9 Å². The van der Waals surface area contributed by atoms with Crippen molar-refractivity contribution in [1.29, 1.82) is 0 Å². The largest absolute Gasteiger partial charge is 0.406 e. The number of carbonyl (C=O) groups excluding carboxylic acids is 1. The van der Waals surface area contributed by atoms with Gasteiger partial charge in [0.2, 0.25) is 0 Å². The third-order valence-electron chi connectivity index (χ3n) is 4.89. The number of ether oxygens (including phenoxy) is 1.